The number of hydrogen-bond donors (Lipinski definition) is 3. The SMILES string of the molecule is C1=Cc2nc1c(-c1ccccc1)c1nc(c(-c3ccccc3)c3ccc([nH]3)c(-c3ccccc3)c3ccc([nH]3)c2-c2ccccc2)C2=C1[C@@H]1OCC[C@@H]1[C@@H](c1ccccc1)N2. The maximum absolute atomic E-state index is 6.89. The lowest BCUT2D eigenvalue weighted by atomic mass is 9.79. The summed E-state index contributed by atoms with van der Waals surface area (Å²) in [5.41, 5.74) is 19.2. The summed E-state index contributed by atoms with van der Waals surface area (Å²) >= 11 is 0. The summed E-state index contributed by atoms with van der Waals surface area (Å²) < 4.78 is 6.89. The number of hydrogen-bond acceptors (Lipinski definition) is 4. The number of nitrogens with one attached hydrogen (secondary N) is 3. The van der Waals surface area contributed by atoms with Crippen molar-refractivity contribution in [3.8, 4) is 44.5 Å². The molecule has 1 fully saturated rings. The summed E-state index contributed by atoms with van der Waals surface area (Å²) in [5.74, 6) is 0.208. The summed E-state index contributed by atoms with van der Waals surface area (Å²) in [6.07, 6.45) is 5.09. The Morgan fingerprint density at radius 3 is 1.48 bits per heavy atom. The second kappa shape index (κ2) is 14.6. The van der Waals surface area contributed by atoms with Gasteiger partial charge in [0.1, 0.15) is 0 Å². The van der Waals surface area contributed by atoms with E-state index in [1.807, 2.05) is 0 Å². The van der Waals surface area contributed by atoms with Crippen LogP contribution < -0.4 is 5.32 Å². The van der Waals surface area contributed by atoms with Gasteiger partial charge in [-0.05, 0) is 70.7 Å². The molecule has 8 aromatic rings. The summed E-state index contributed by atoms with van der Waals surface area (Å²) in [6.45, 7) is 0.680. The molecule has 12 rings (SSSR count). The molecule has 0 spiro atoms. The zero-order valence-electron chi connectivity index (χ0n) is 33.3. The van der Waals surface area contributed by atoms with Gasteiger partial charge in [0.05, 0.1) is 40.6 Å². The van der Waals surface area contributed by atoms with E-state index in [0.29, 0.717) is 6.61 Å². The molecular formula is C55H41N5O. The molecule has 5 aromatic carbocycles. The number of rotatable bonds is 5. The first-order chi connectivity index (χ1) is 30.3. The van der Waals surface area contributed by atoms with Crippen molar-refractivity contribution in [3.05, 3.63) is 204 Å². The molecule has 0 saturated carbocycles. The van der Waals surface area contributed by atoms with Gasteiger partial charge < -0.3 is 20.0 Å². The Kier molecular flexibility index (Phi) is 8.49. The lowest BCUT2D eigenvalue weighted by Gasteiger charge is -2.36. The van der Waals surface area contributed by atoms with Crippen molar-refractivity contribution in [3.63, 3.8) is 0 Å². The Balaban J connectivity index is 1.28. The van der Waals surface area contributed by atoms with Crippen LogP contribution in [0, 0.1) is 5.92 Å². The standard InChI is InChI=1S/C55H41N5O/c1-6-16-34(17-7-1)46-40-26-27-41(56-40)47(35-18-8-2-9-19-35)43-29-31-45(58-43)49(37-22-12-4-13-23-37)53-54-50(55-39(32-33-61-55)51(59-54)38-24-14-5-15-25-38)52(60-53)48(36-20-10-3-11-21-36)44-30-28-42(46)57-44/h1-31,39,51,55-56,58-59H,32-33H2/t39-,51-,55-/m1/s1. The van der Waals surface area contributed by atoms with Gasteiger partial charge in [-0.2, -0.15) is 0 Å². The molecule has 61 heavy (non-hydrogen) atoms. The van der Waals surface area contributed by atoms with E-state index in [9.17, 15) is 0 Å². The van der Waals surface area contributed by atoms with E-state index < -0.39 is 0 Å². The molecule has 292 valence electrons. The highest BCUT2D eigenvalue weighted by Gasteiger charge is 2.47. The number of aromatic nitrogens is 4. The van der Waals surface area contributed by atoms with E-state index in [1.165, 1.54) is 5.56 Å². The van der Waals surface area contributed by atoms with Gasteiger partial charge in [0.15, 0.2) is 0 Å². The molecule has 0 aliphatic carbocycles. The van der Waals surface area contributed by atoms with Gasteiger partial charge in [0, 0.05) is 62.4 Å². The van der Waals surface area contributed by atoms with Crippen molar-refractivity contribution < 1.29 is 4.74 Å². The van der Waals surface area contributed by atoms with Gasteiger partial charge in [-0.15, -0.1) is 0 Å². The van der Waals surface area contributed by atoms with E-state index in [4.69, 9.17) is 14.7 Å². The predicted molar refractivity (Wildman–Crippen MR) is 249 cm³/mol. The molecule has 3 N–H and O–H groups in total. The van der Waals surface area contributed by atoms with Crippen LogP contribution in [0.25, 0.3) is 90.0 Å². The predicted octanol–water partition coefficient (Wildman–Crippen LogP) is 12.8. The largest absolute Gasteiger partial charge is 0.376 e. The first kappa shape index (κ1) is 35.4. The number of fused-ring (bicyclic) bond motifs is 12. The highest BCUT2D eigenvalue weighted by Crippen LogP contribution is 2.52. The van der Waals surface area contributed by atoms with Crippen LogP contribution in [0.15, 0.2) is 176 Å². The molecule has 4 aliphatic rings. The van der Waals surface area contributed by atoms with E-state index >= 15 is 0 Å². The molecule has 4 aliphatic heterocycles. The topological polar surface area (TPSA) is 78.6 Å². The average molecular weight is 788 g/mol. The summed E-state index contributed by atoms with van der Waals surface area (Å²) in [6, 6.07) is 62.2. The van der Waals surface area contributed by atoms with Gasteiger partial charge in [-0.3, -0.25) is 0 Å². The van der Waals surface area contributed by atoms with Crippen LogP contribution >= 0.6 is 0 Å². The van der Waals surface area contributed by atoms with Gasteiger partial charge in [-0.25, -0.2) is 9.97 Å². The van der Waals surface area contributed by atoms with Crippen LogP contribution in [-0.4, -0.2) is 32.6 Å². The minimum absolute atomic E-state index is 0.0362. The maximum Gasteiger partial charge on any atom is 0.0972 e. The van der Waals surface area contributed by atoms with E-state index in [1.54, 1.807) is 0 Å². The maximum atomic E-state index is 6.89. The molecule has 6 heteroatoms. The molecule has 0 amide bonds. The minimum Gasteiger partial charge on any atom is -0.376 e. The normalized spacial score (nSPS) is 17.8. The zero-order valence-corrected chi connectivity index (χ0v) is 33.3. The third-order valence-corrected chi connectivity index (χ3v) is 12.6. The number of nitrogens with zero attached hydrogens (tertiary/aromatic N) is 2. The fourth-order valence-corrected chi connectivity index (χ4v) is 9.92. The average Bonchev–Trinajstić information content (AvgIpc) is 4.19. The minimum atomic E-state index is -0.175. The van der Waals surface area contributed by atoms with Gasteiger partial charge in [-0.1, -0.05) is 152 Å². The Bertz CT molecular complexity index is 3190. The van der Waals surface area contributed by atoms with Crippen molar-refractivity contribution in [2.45, 2.75) is 18.6 Å². The Hall–Kier alpha value is -7.54. The third kappa shape index (κ3) is 5.98. The third-order valence-electron chi connectivity index (χ3n) is 12.6. The molecule has 0 unspecified atom stereocenters. The molecule has 7 heterocycles. The quantitative estimate of drug-likeness (QED) is 0.162. The van der Waals surface area contributed by atoms with Crippen molar-refractivity contribution in [1.29, 1.82) is 0 Å². The molecule has 1 saturated heterocycles. The number of benzene rings is 5. The molecular weight excluding hydrogens is 747 g/mol. The Morgan fingerprint density at radius 1 is 0.443 bits per heavy atom. The van der Waals surface area contributed by atoms with Crippen molar-refractivity contribution in [2.75, 3.05) is 6.61 Å². The van der Waals surface area contributed by atoms with Crippen LogP contribution in [0.5, 0.6) is 0 Å². The summed E-state index contributed by atoms with van der Waals surface area (Å²) in [5, 5.41) is 4.15. The summed E-state index contributed by atoms with van der Waals surface area (Å²) in [7, 11) is 0. The fraction of sp³-hybridized carbons (Fsp3) is 0.0909. The zero-order chi connectivity index (χ0) is 40.3. The molecule has 3 atom stereocenters. The first-order valence-corrected chi connectivity index (χ1v) is 21.1. The number of aromatic amines is 2. The summed E-state index contributed by atoms with van der Waals surface area (Å²) in [4.78, 5) is 19.3. The van der Waals surface area contributed by atoms with Gasteiger partial charge >= 0.3 is 0 Å². The Labute approximate surface area is 354 Å². The highest BCUT2D eigenvalue weighted by molar-refractivity contribution is 6.06. The van der Waals surface area contributed by atoms with Crippen LogP contribution in [-0.2, 0) is 4.74 Å². The highest BCUT2D eigenvalue weighted by atomic mass is 16.5. The van der Waals surface area contributed by atoms with E-state index in [-0.39, 0.29) is 18.1 Å². The molecule has 8 bridgehead atoms. The van der Waals surface area contributed by atoms with Crippen LogP contribution in [0.1, 0.15) is 40.8 Å². The van der Waals surface area contributed by atoms with Crippen molar-refractivity contribution >= 4 is 45.5 Å². The van der Waals surface area contributed by atoms with Crippen molar-refractivity contribution in [1.82, 2.24) is 25.3 Å². The first-order valence-electron chi connectivity index (χ1n) is 21.1. The number of H-pyrrole nitrogens is 2. The number of ether oxygens (including phenoxy) is 1. The lowest BCUT2D eigenvalue weighted by molar-refractivity contribution is 0.123. The molecule has 3 aromatic heterocycles. The monoisotopic (exact) mass is 787 g/mol. The van der Waals surface area contributed by atoms with Crippen molar-refractivity contribution in [2.24, 2.45) is 5.92 Å². The lowest BCUT2D eigenvalue weighted by Crippen LogP contribution is -2.38. The van der Waals surface area contributed by atoms with Crippen LogP contribution in [0.2, 0.25) is 0 Å². The van der Waals surface area contributed by atoms with E-state index in [0.717, 1.165) is 107 Å². The molecule has 6 nitrogen and oxygen atoms in total. The van der Waals surface area contributed by atoms with E-state index in [2.05, 4.69) is 203 Å². The smallest absolute Gasteiger partial charge is 0.0972 e. The van der Waals surface area contributed by atoms with Crippen LogP contribution in [0.4, 0.5) is 0 Å². The van der Waals surface area contributed by atoms with Crippen LogP contribution in [0.3, 0.4) is 0 Å². The fourth-order valence-electron chi connectivity index (χ4n) is 9.92. The second-order valence-corrected chi connectivity index (χ2v) is 16.1. The molecule has 0 radical (unpaired) electrons. The second-order valence-electron chi connectivity index (χ2n) is 16.1. The van der Waals surface area contributed by atoms with Gasteiger partial charge in [0.25, 0.3) is 0 Å². The van der Waals surface area contributed by atoms with Gasteiger partial charge in [0.2, 0.25) is 0 Å². The Morgan fingerprint density at radius 2 is 0.902 bits per heavy atom.